The zero-order valence-electron chi connectivity index (χ0n) is 16.6. The fourth-order valence-electron chi connectivity index (χ4n) is 2.93. The highest BCUT2D eigenvalue weighted by Gasteiger charge is 2.27. The van der Waals surface area contributed by atoms with Crippen LogP contribution in [0.25, 0.3) is 0 Å². The lowest BCUT2D eigenvalue weighted by atomic mass is 10.1. The zero-order valence-corrected chi connectivity index (χ0v) is 19.8. The molecule has 0 atom stereocenters. The average Bonchev–Trinajstić information content (AvgIpc) is 2.66. The summed E-state index contributed by atoms with van der Waals surface area (Å²) in [6, 6.07) is 3.91. The maximum Gasteiger partial charge on any atom is 0.214 e. The summed E-state index contributed by atoms with van der Waals surface area (Å²) in [6.45, 7) is 6.78. The number of nitrogens with zero attached hydrogens (tertiary/aromatic N) is 3. The van der Waals surface area contributed by atoms with Crippen LogP contribution in [0.5, 0.6) is 5.75 Å². The molecule has 0 saturated carbocycles. The minimum absolute atomic E-state index is 0. The van der Waals surface area contributed by atoms with Crippen molar-refractivity contribution in [2.75, 3.05) is 38.5 Å². The second-order valence-corrected chi connectivity index (χ2v) is 8.52. The Balaban J connectivity index is 0.00000392. The normalized spacial score (nSPS) is 16.3. The first-order valence-electron chi connectivity index (χ1n) is 9.60. The van der Waals surface area contributed by atoms with Gasteiger partial charge < -0.3 is 15.4 Å². The van der Waals surface area contributed by atoms with E-state index in [4.69, 9.17) is 4.74 Å². The van der Waals surface area contributed by atoms with E-state index in [0.717, 1.165) is 31.1 Å². The molecule has 2 rings (SSSR count). The van der Waals surface area contributed by atoms with Gasteiger partial charge in [0.05, 0.1) is 18.5 Å². The van der Waals surface area contributed by atoms with Crippen LogP contribution >= 0.6 is 24.0 Å². The van der Waals surface area contributed by atoms with Crippen molar-refractivity contribution in [1.82, 2.24) is 19.9 Å². The molecule has 160 valence electrons. The second kappa shape index (κ2) is 13.2. The van der Waals surface area contributed by atoms with E-state index in [9.17, 15) is 8.42 Å². The summed E-state index contributed by atoms with van der Waals surface area (Å²) in [5.74, 6) is 1.69. The molecule has 1 aliphatic rings. The van der Waals surface area contributed by atoms with Gasteiger partial charge in [-0.2, -0.15) is 0 Å². The Bertz CT molecular complexity index is 680. The van der Waals surface area contributed by atoms with Gasteiger partial charge in [0.1, 0.15) is 12.4 Å². The third kappa shape index (κ3) is 8.48. The number of rotatable bonds is 9. The number of hydrogen-bond donors (Lipinski definition) is 2. The number of halogens is 1. The Morgan fingerprint density at radius 2 is 2.11 bits per heavy atom. The quantitative estimate of drug-likeness (QED) is 0.221. The van der Waals surface area contributed by atoms with Crippen LogP contribution in [0.15, 0.2) is 29.5 Å². The molecule has 0 unspecified atom stereocenters. The molecule has 8 nitrogen and oxygen atoms in total. The lowest BCUT2D eigenvalue weighted by Crippen LogP contribution is -2.50. The summed E-state index contributed by atoms with van der Waals surface area (Å²) in [7, 11) is -3.10. The van der Waals surface area contributed by atoms with Gasteiger partial charge in [0, 0.05) is 31.9 Å². The molecule has 0 radical (unpaired) electrons. The van der Waals surface area contributed by atoms with E-state index in [1.807, 2.05) is 26.0 Å². The predicted octanol–water partition coefficient (Wildman–Crippen LogP) is 1.84. The number of hydrogen-bond acceptors (Lipinski definition) is 5. The fraction of sp³-hybridized carbons (Fsp3) is 0.667. The van der Waals surface area contributed by atoms with Crippen LogP contribution in [-0.2, 0) is 10.0 Å². The van der Waals surface area contributed by atoms with Gasteiger partial charge in [0.15, 0.2) is 5.96 Å². The Kier molecular flexibility index (Phi) is 11.7. The number of aliphatic imine (C=N–C) groups is 1. The first kappa shape index (κ1) is 24.9. The van der Waals surface area contributed by atoms with Crippen molar-refractivity contribution in [3.8, 4) is 5.75 Å². The summed E-state index contributed by atoms with van der Waals surface area (Å²) >= 11 is 0. The number of aromatic nitrogens is 1. The SMILES string of the molecule is CCCS(=O)(=O)N1CCC(NC(=NCCOc2cccnc2)NCC)CC1.I. The molecule has 0 aliphatic carbocycles. The van der Waals surface area contributed by atoms with E-state index in [-0.39, 0.29) is 35.8 Å². The van der Waals surface area contributed by atoms with Crippen molar-refractivity contribution in [2.45, 2.75) is 39.2 Å². The highest BCUT2D eigenvalue weighted by molar-refractivity contribution is 14.0. The fourth-order valence-corrected chi connectivity index (χ4v) is 4.47. The predicted molar refractivity (Wildman–Crippen MR) is 123 cm³/mol. The summed E-state index contributed by atoms with van der Waals surface area (Å²) in [4.78, 5) is 8.54. The summed E-state index contributed by atoms with van der Waals surface area (Å²) in [6.07, 6.45) is 5.59. The molecule has 1 aromatic heterocycles. The van der Waals surface area contributed by atoms with E-state index in [1.54, 1.807) is 16.7 Å². The van der Waals surface area contributed by atoms with E-state index >= 15 is 0 Å². The highest BCUT2D eigenvalue weighted by Crippen LogP contribution is 2.15. The molecule has 1 aromatic rings. The molecule has 28 heavy (non-hydrogen) atoms. The third-order valence-electron chi connectivity index (χ3n) is 4.26. The topological polar surface area (TPSA) is 95.9 Å². The van der Waals surface area contributed by atoms with Gasteiger partial charge in [0.25, 0.3) is 0 Å². The van der Waals surface area contributed by atoms with Crippen LogP contribution in [-0.4, -0.2) is 68.2 Å². The van der Waals surface area contributed by atoms with Gasteiger partial charge >= 0.3 is 0 Å². The van der Waals surface area contributed by atoms with E-state index in [1.165, 1.54) is 0 Å². The molecule has 1 aliphatic heterocycles. The molecule has 1 fully saturated rings. The van der Waals surface area contributed by atoms with Crippen LogP contribution in [0.2, 0.25) is 0 Å². The van der Waals surface area contributed by atoms with Gasteiger partial charge in [-0.3, -0.25) is 4.98 Å². The third-order valence-corrected chi connectivity index (χ3v) is 6.33. The molecular formula is C18H32IN5O3S. The molecule has 1 saturated heterocycles. The number of nitrogens with one attached hydrogen (secondary N) is 2. The van der Waals surface area contributed by atoms with Crippen molar-refractivity contribution in [3.05, 3.63) is 24.5 Å². The zero-order chi connectivity index (χ0) is 19.5. The molecule has 0 aromatic carbocycles. The Morgan fingerprint density at radius 3 is 2.71 bits per heavy atom. The standard InChI is InChI=1S/C18H31N5O3S.HI/c1-3-14-27(24,25)23-11-7-16(8-12-23)22-18(20-4-2)21-10-13-26-17-6-5-9-19-15-17;/h5-6,9,15-16H,3-4,7-8,10-14H2,1-2H3,(H2,20,21,22);1H. The average molecular weight is 525 g/mol. The lowest BCUT2D eigenvalue weighted by molar-refractivity contribution is 0.305. The van der Waals surface area contributed by atoms with Crippen molar-refractivity contribution in [1.29, 1.82) is 0 Å². The van der Waals surface area contributed by atoms with Crippen LogP contribution < -0.4 is 15.4 Å². The maximum absolute atomic E-state index is 12.2. The van der Waals surface area contributed by atoms with Crippen LogP contribution in [0, 0.1) is 0 Å². The summed E-state index contributed by atoms with van der Waals surface area (Å²) in [5, 5.41) is 6.64. The molecule has 10 heteroatoms. The van der Waals surface area contributed by atoms with Crippen LogP contribution in [0.4, 0.5) is 0 Å². The minimum Gasteiger partial charge on any atom is -0.490 e. The van der Waals surface area contributed by atoms with Crippen molar-refractivity contribution >= 4 is 40.0 Å². The Morgan fingerprint density at radius 1 is 1.36 bits per heavy atom. The van der Waals surface area contributed by atoms with Gasteiger partial charge in [-0.1, -0.05) is 6.92 Å². The second-order valence-electron chi connectivity index (χ2n) is 6.43. The molecule has 0 bridgehead atoms. The minimum atomic E-state index is -3.10. The van der Waals surface area contributed by atoms with E-state index < -0.39 is 10.0 Å². The molecular weight excluding hydrogens is 493 g/mol. The molecule has 0 spiro atoms. The molecule has 2 heterocycles. The van der Waals surface area contributed by atoms with E-state index in [0.29, 0.717) is 32.7 Å². The summed E-state index contributed by atoms with van der Waals surface area (Å²) < 4.78 is 31.5. The first-order valence-corrected chi connectivity index (χ1v) is 11.2. The highest BCUT2D eigenvalue weighted by atomic mass is 127. The van der Waals surface area contributed by atoms with Gasteiger partial charge in [-0.25, -0.2) is 17.7 Å². The maximum atomic E-state index is 12.2. The van der Waals surface area contributed by atoms with Crippen molar-refractivity contribution in [3.63, 3.8) is 0 Å². The number of guanidine groups is 1. The smallest absolute Gasteiger partial charge is 0.214 e. The number of ether oxygens (including phenoxy) is 1. The monoisotopic (exact) mass is 525 g/mol. The van der Waals surface area contributed by atoms with Gasteiger partial charge in [-0.05, 0) is 38.3 Å². The lowest BCUT2D eigenvalue weighted by Gasteiger charge is -2.32. The van der Waals surface area contributed by atoms with Gasteiger partial charge in [0.2, 0.25) is 10.0 Å². The van der Waals surface area contributed by atoms with Gasteiger partial charge in [-0.15, -0.1) is 24.0 Å². The van der Waals surface area contributed by atoms with Crippen molar-refractivity contribution in [2.24, 2.45) is 4.99 Å². The summed E-state index contributed by atoms with van der Waals surface area (Å²) in [5.41, 5.74) is 0. The largest absolute Gasteiger partial charge is 0.490 e. The first-order chi connectivity index (χ1) is 13.0. The van der Waals surface area contributed by atoms with Crippen molar-refractivity contribution < 1.29 is 13.2 Å². The number of pyridine rings is 1. The number of sulfonamides is 1. The molecule has 0 amide bonds. The molecule has 2 N–H and O–H groups in total. The number of piperidine rings is 1. The van der Waals surface area contributed by atoms with Crippen LogP contribution in [0.1, 0.15) is 33.1 Å². The van der Waals surface area contributed by atoms with E-state index in [2.05, 4.69) is 20.6 Å². The Labute approximate surface area is 185 Å². The van der Waals surface area contributed by atoms with Crippen LogP contribution in [0.3, 0.4) is 0 Å². The Hall–Kier alpha value is -1.14.